The van der Waals surface area contributed by atoms with Gasteiger partial charge in [0.15, 0.2) is 5.75 Å². The predicted octanol–water partition coefficient (Wildman–Crippen LogP) is 3.20. The van der Waals surface area contributed by atoms with Crippen molar-refractivity contribution in [2.45, 2.75) is 24.7 Å². The van der Waals surface area contributed by atoms with E-state index in [4.69, 9.17) is 18.9 Å². The number of sulfonamides is 1. The number of ether oxygens (including phenoxy) is 4. The Morgan fingerprint density at radius 3 is 2.16 bits per heavy atom. The van der Waals surface area contributed by atoms with Crippen LogP contribution in [-0.2, 0) is 28.9 Å². The zero-order chi connectivity index (χ0) is 32.3. The van der Waals surface area contributed by atoms with E-state index in [1.54, 1.807) is 45.5 Å². The Balaban J connectivity index is 1.61. The molecule has 0 saturated carbocycles. The molecule has 14 nitrogen and oxygen atoms in total. The molecule has 3 N–H and O–H groups in total. The molecule has 3 aromatic carbocycles. The van der Waals surface area contributed by atoms with Gasteiger partial charge in [-0.3, -0.25) is 23.4 Å². The monoisotopic (exact) mass is 639 g/mol. The topological polar surface area (TPSA) is 176 Å². The summed E-state index contributed by atoms with van der Waals surface area (Å²) in [5.41, 5.74) is -1.26. The van der Waals surface area contributed by atoms with Crippen molar-refractivity contribution < 1.29 is 27.4 Å². The Morgan fingerprint density at radius 1 is 0.822 bits per heavy atom. The van der Waals surface area contributed by atoms with Gasteiger partial charge in [-0.2, -0.15) is 0 Å². The fourth-order valence-corrected chi connectivity index (χ4v) is 5.99. The van der Waals surface area contributed by atoms with Gasteiger partial charge < -0.3 is 28.9 Å². The first kappa shape index (κ1) is 31.4. The highest BCUT2D eigenvalue weighted by molar-refractivity contribution is 7.93. The lowest BCUT2D eigenvalue weighted by molar-refractivity contribution is 0.172. The first-order valence-corrected chi connectivity index (χ1v) is 15.6. The van der Waals surface area contributed by atoms with Gasteiger partial charge in [0.05, 0.1) is 41.0 Å². The molecular formula is C30H33N5O9S. The molecule has 45 heavy (non-hydrogen) atoms. The molecule has 0 saturated heterocycles. The van der Waals surface area contributed by atoms with Crippen LogP contribution in [0.3, 0.4) is 0 Å². The highest BCUT2D eigenvalue weighted by Crippen LogP contribution is 2.38. The molecule has 0 unspecified atom stereocenters. The minimum absolute atomic E-state index is 0.00918. The molecule has 0 amide bonds. The smallest absolute Gasteiger partial charge is 0.328 e. The van der Waals surface area contributed by atoms with Gasteiger partial charge in [-0.15, -0.1) is 0 Å². The highest BCUT2D eigenvalue weighted by Gasteiger charge is 2.23. The minimum Gasteiger partial charge on any atom is -0.493 e. The molecule has 5 aromatic rings. The van der Waals surface area contributed by atoms with Gasteiger partial charge in [-0.1, -0.05) is 13.0 Å². The fraction of sp³-hybridized carbons (Fsp3) is 0.300. The van der Waals surface area contributed by atoms with Gasteiger partial charge in [0.2, 0.25) is 0 Å². The first-order valence-electron chi connectivity index (χ1n) is 14.1. The van der Waals surface area contributed by atoms with Crippen molar-refractivity contribution >= 4 is 37.8 Å². The van der Waals surface area contributed by atoms with Crippen LogP contribution < -0.4 is 35.7 Å². The fourth-order valence-electron chi connectivity index (χ4n) is 4.74. The largest absolute Gasteiger partial charge is 0.493 e. The summed E-state index contributed by atoms with van der Waals surface area (Å²) in [6.45, 7) is 3.33. The molecule has 15 heteroatoms. The molecule has 238 valence electrons. The van der Waals surface area contributed by atoms with Crippen molar-refractivity contribution in [3.63, 3.8) is 0 Å². The molecule has 0 aliphatic rings. The van der Waals surface area contributed by atoms with Crippen LogP contribution in [0.25, 0.3) is 22.1 Å². The molecule has 2 heterocycles. The van der Waals surface area contributed by atoms with Gasteiger partial charge >= 0.3 is 16.8 Å². The van der Waals surface area contributed by atoms with Crippen LogP contribution in [0.5, 0.6) is 23.0 Å². The van der Waals surface area contributed by atoms with Crippen molar-refractivity contribution in [1.29, 1.82) is 0 Å². The van der Waals surface area contributed by atoms with Gasteiger partial charge in [0.25, 0.3) is 10.0 Å². The number of imidazole rings is 1. The van der Waals surface area contributed by atoms with E-state index >= 15 is 0 Å². The molecule has 0 aliphatic heterocycles. The summed E-state index contributed by atoms with van der Waals surface area (Å²) in [6.07, 6.45) is 1.43. The maximum absolute atomic E-state index is 13.8. The highest BCUT2D eigenvalue weighted by atomic mass is 32.2. The van der Waals surface area contributed by atoms with E-state index in [0.717, 1.165) is 6.42 Å². The Bertz CT molecular complexity index is 2160. The van der Waals surface area contributed by atoms with Gasteiger partial charge in [-0.25, -0.2) is 13.2 Å². The van der Waals surface area contributed by atoms with Crippen molar-refractivity contribution in [2.75, 3.05) is 31.7 Å². The normalized spacial score (nSPS) is 11.6. The number of rotatable bonds is 13. The number of nitrogens with one attached hydrogen (secondary N) is 3. The van der Waals surface area contributed by atoms with Crippen LogP contribution in [0.15, 0.2) is 67.8 Å². The van der Waals surface area contributed by atoms with Gasteiger partial charge in [0, 0.05) is 58.5 Å². The number of H-pyrrole nitrogens is 2. The van der Waals surface area contributed by atoms with E-state index in [1.807, 2.05) is 6.92 Å². The van der Waals surface area contributed by atoms with Crippen LogP contribution in [-0.4, -0.2) is 54.5 Å². The Kier molecular flexibility index (Phi) is 9.01. The summed E-state index contributed by atoms with van der Waals surface area (Å²) in [6, 6.07) is 12.2. The van der Waals surface area contributed by atoms with E-state index in [0.29, 0.717) is 48.8 Å². The summed E-state index contributed by atoms with van der Waals surface area (Å²) in [4.78, 5) is 41.1. The molecule has 0 fully saturated rings. The van der Waals surface area contributed by atoms with Crippen LogP contribution >= 0.6 is 0 Å². The third kappa shape index (κ3) is 6.58. The second-order valence-corrected chi connectivity index (χ2v) is 11.9. The van der Waals surface area contributed by atoms with E-state index in [2.05, 4.69) is 14.7 Å². The molecule has 0 spiro atoms. The number of para-hydroxylation sites is 1. The number of nitrogens with zero attached hydrogens (tertiary/aromatic N) is 2. The second-order valence-electron chi connectivity index (χ2n) is 10.2. The number of anilines is 1. The second kappa shape index (κ2) is 12.9. The van der Waals surface area contributed by atoms with Crippen LogP contribution in [0.2, 0.25) is 0 Å². The zero-order valence-corrected chi connectivity index (χ0v) is 25.9. The number of aromatic amines is 2. The Hall–Kier alpha value is -5.02. The summed E-state index contributed by atoms with van der Waals surface area (Å²) in [5.74, 6) is 1.32. The molecular weight excluding hydrogens is 606 g/mol. The van der Waals surface area contributed by atoms with E-state index in [-0.39, 0.29) is 38.8 Å². The van der Waals surface area contributed by atoms with E-state index in [9.17, 15) is 22.8 Å². The lowest BCUT2D eigenvalue weighted by Gasteiger charge is -2.17. The zero-order valence-electron chi connectivity index (χ0n) is 25.1. The third-order valence-corrected chi connectivity index (χ3v) is 8.35. The lowest BCUT2D eigenvalue weighted by Crippen LogP contribution is -2.29. The molecule has 0 atom stereocenters. The van der Waals surface area contributed by atoms with Gasteiger partial charge in [-0.05, 0) is 24.6 Å². The summed E-state index contributed by atoms with van der Waals surface area (Å²) < 4.78 is 56.0. The summed E-state index contributed by atoms with van der Waals surface area (Å²) >= 11 is 0. The number of fused-ring (bicyclic) bond motifs is 2. The van der Waals surface area contributed by atoms with Crippen molar-refractivity contribution in [2.24, 2.45) is 14.1 Å². The standard InChI is InChI=1S/C30H33N5O9S/c1-5-10-42-18-13-19(43-12-7-11-41-4)15-20(14-18)44-25-17-24-23(34(2)30(38)35(24)3)16-22(25)33-45(39,40)26-9-6-8-21-27(26)32-29(37)28(36)31-21/h6,8-9,13-17,33H,5,7,10-12H2,1-4H3,(H,31,36)(H,32,37). The Labute approximate surface area is 257 Å². The average molecular weight is 640 g/mol. The molecule has 0 bridgehead atoms. The molecule has 0 aliphatic carbocycles. The van der Waals surface area contributed by atoms with Crippen LogP contribution in [0, 0.1) is 0 Å². The maximum atomic E-state index is 13.8. The number of aryl methyl sites for hydroxylation is 2. The predicted molar refractivity (Wildman–Crippen MR) is 168 cm³/mol. The van der Waals surface area contributed by atoms with Gasteiger partial charge in [0.1, 0.15) is 22.1 Å². The molecule has 0 radical (unpaired) electrons. The quantitative estimate of drug-likeness (QED) is 0.129. The number of methoxy groups -OCH3 is 1. The number of aromatic nitrogens is 4. The number of hydrogen-bond acceptors (Lipinski definition) is 9. The first-order chi connectivity index (χ1) is 21.5. The minimum atomic E-state index is -4.39. The van der Waals surface area contributed by atoms with Crippen molar-refractivity contribution in [1.82, 2.24) is 19.1 Å². The molecule has 5 rings (SSSR count). The van der Waals surface area contributed by atoms with Crippen LogP contribution in [0.1, 0.15) is 19.8 Å². The van der Waals surface area contributed by atoms with Crippen LogP contribution in [0.4, 0.5) is 5.69 Å². The maximum Gasteiger partial charge on any atom is 0.328 e. The van der Waals surface area contributed by atoms with Crippen molar-refractivity contribution in [3.8, 4) is 23.0 Å². The number of hydrogen-bond donors (Lipinski definition) is 3. The van der Waals surface area contributed by atoms with E-state index < -0.39 is 21.1 Å². The Morgan fingerprint density at radius 2 is 1.47 bits per heavy atom. The number of benzene rings is 3. The summed E-state index contributed by atoms with van der Waals surface area (Å²) in [5, 5.41) is 0. The average Bonchev–Trinajstić information content (AvgIpc) is 3.21. The SMILES string of the molecule is CCCOc1cc(OCCCOC)cc(Oc2cc3c(cc2NS(=O)(=O)c2cccc4[nH]c(=O)c(=O)[nH]c24)n(C)c(=O)n3C)c1. The third-order valence-electron chi connectivity index (χ3n) is 6.94. The summed E-state index contributed by atoms with van der Waals surface area (Å²) in [7, 11) is 0.376. The van der Waals surface area contributed by atoms with Crippen molar-refractivity contribution in [3.05, 3.63) is 79.7 Å². The lowest BCUT2D eigenvalue weighted by atomic mass is 10.2. The molecule has 2 aromatic heterocycles. The van der Waals surface area contributed by atoms with E-state index in [1.165, 1.54) is 33.4 Å².